The molecule has 1 rings (SSSR count). The van der Waals surface area contributed by atoms with Crippen molar-refractivity contribution in [3.05, 3.63) is 28.4 Å². The van der Waals surface area contributed by atoms with Crippen molar-refractivity contribution in [3.63, 3.8) is 0 Å². The van der Waals surface area contributed by atoms with E-state index in [1.807, 2.05) is 0 Å². The molecule has 0 bridgehead atoms. The second-order valence-electron chi connectivity index (χ2n) is 1.88. The largest absolute Gasteiger partial charge is 0.367 e. The van der Waals surface area contributed by atoms with Crippen LogP contribution in [-0.4, -0.2) is 17.0 Å². The van der Waals surface area contributed by atoms with Crippen molar-refractivity contribution in [2.75, 3.05) is 12.4 Å². The van der Waals surface area contributed by atoms with Crippen molar-refractivity contribution in [1.82, 2.24) is 4.98 Å². The van der Waals surface area contributed by atoms with Gasteiger partial charge < -0.3 is 5.32 Å². The maximum atomic E-state index is 10.3. The van der Waals surface area contributed by atoms with Crippen LogP contribution in [0.1, 0.15) is 1.43 Å². The summed E-state index contributed by atoms with van der Waals surface area (Å²) < 4.78 is 0. The number of hydrogen-bond donors (Lipinski definition) is 1. The summed E-state index contributed by atoms with van der Waals surface area (Å²) >= 11 is 0. The number of pyridine rings is 1. The Labute approximate surface area is 64.7 Å². The number of anilines is 1. The molecular formula is C6H9N3O2. The van der Waals surface area contributed by atoms with Gasteiger partial charge in [-0.05, 0) is 6.07 Å². The Morgan fingerprint density at radius 2 is 2.55 bits per heavy atom. The number of rotatable bonds is 2. The smallest absolute Gasteiger partial charge is 0.311 e. The maximum Gasteiger partial charge on any atom is 0.311 e. The van der Waals surface area contributed by atoms with Crippen molar-refractivity contribution >= 4 is 11.5 Å². The number of nitrogens with one attached hydrogen (secondary N) is 1. The van der Waals surface area contributed by atoms with E-state index in [1.165, 1.54) is 18.3 Å². The van der Waals surface area contributed by atoms with Crippen LogP contribution in [0.2, 0.25) is 0 Å². The summed E-state index contributed by atoms with van der Waals surface area (Å²) in [6, 6.07) is 2.93. The van der Waals surface area contributed by atoms with Crippen LogP contribution in [0.5, 0.6) is 0 Å². The predicted octanol–water partition coefficient (Wildman–Crippen LogP) is 1.28. The highest BCUT2D eigenvalue weighted by Crippen LogP contribution is 2.18. The predicted molar refractivity (Wildman–Crippen MR) is 42.6 cm³/mol. The van der Waals surface area contributed by atoms with E-state index in [2.05, 4.69) is 10.3 Å². The first-order chi connectivity index (χ1) is 5.25. The van der Waals surface area contributed by atoms with Gasteiger partial charge in [-0.2, -0.15) is 0 Å². The lowest BCUT2D eigenvalue weighted by molar-refractivity contribution is -0.384. The average Bonchev–Trinajstić information content (AvgIpc) is 2.04. The van der Waals surface area contributed by atoms with E-state index in [0.29, 0.717) is 0 Å². The SMILES string of the molecule is CNc1ncccc1[N+](=O)[O-].[HH]. The lowest BCUT2D eigenvalue weighted by atomic mass is 10.4. The van der Waals surface area contributed by atoms with E-state index in [4.69, 9.17) is 0 Å². The van der Waals surface area contributed by atoms with Gasteiger partial charge in [0.1, 0.15) is 0 Å². The fourth-order valence-corrected chi connectivity index (χ4v) is 0.737. The van der Waals surface area contributed by atoms with E-state index < -0.39 is 4.92 Å². The third-order valence-electron chi connectivity index (χ3n) is 1.22. The fraction of sp³-hybridized carbons (Fsp3) is 0.167. The monoisotopic (exact) mass is 155 g/mol. The molecule has 0 aliphatic rings. The molecule has 11 heavy (non-hydrogen) atoms. The summed E-state index contributed by atoms with van der Waals surface area (Å²) in [6.07, 6.45) is 1.50. The second kappa shape index (κ2) is 2.96. The highest BCUT2D eigenvalue weighted by Gasteiger charge is 2.11. The molecule has 0 atom stereocenters. The summed E-state index contributed by atoms with van der Waals surface area (Å²) in [7, 11) is 1.59. The molecule has 0 radical (unpaired) electrons. The van der Waals surface area contributed by atoms with Crippen molar-refractivity contribution in [1.29, 1.82) is 0 Å². The van der Waals surface area contributed by atoms with Crippen molar-refractivity contribution in [2.45, 2.75) is 0 Å². The molecule has 0 saturated carbocycles. The Bertz CT molecular complexity index is 279. The normalized spacial score (nSPS) is 9.18. The average molecular weight is 155 g/mol. The molecule has 60 valence electrons. The molecule has 5 heteroatoms. The third kappa shape index (κ3) is 1.43. The van der Waals surface area contributed by atoms with Gasteiger partial charge in [-0.3, -0.25) is 10.1 Å². The van der Waals surface area contributed by atoms with E-state index in [9.17, 15) is 10.1 Å². The van der Waals surface area contributed by atoms with E-state index >= 15 is 0 Å². The third-order valence-corrected chi connectivity index (χ3v) is 1.22. The number of nitro groups is 1. The molecule has 1 aromatic heterocycles. The highest BCUT2D eigenvalue weighted by molar-refractivity contribution is 5.54. The van der Waals surface area contributed by atoms with Crippen LogP contribution in [0.25, 0.3) is 0 Å². The molecule has 0 fully saturated rings. The Balaban J connectivity index is 0.00000121. The molecule has 0 aliphatic carbocycles. The molecule has 0 aliphatic heterocycles. The summed E-state index contributed by atoms with van der Waals surface area (Å²) in [5.41, 5.74) is -0.00463. The van der Waals surface area contributed by atoms with Gasteiger partial charge in [0, 0.05) is 20.7 Å². The standard InChI is InChI=1S/C6H7N3O2.H2/c1-7-6-5(9(10)11)3-2-4-8-6;/h2-4H,1H3,(H,7,8);1H. The molecule has 0 saturated heterocycles. The Hall–Kier alpha value is -1.65. The zero-order valence-corrected chi connectivity index (χ0v) is 5.94. The molecule has 1 N–H and O–H groups in total. The molecule has 1 heterocycles. The van der Waals surface area contributed by atoms with Crippen LogP contribution in [-0.2, 0) is 0 Å². The Morgan fingerprint density at radius 3 is 3.00 bits per heavy atom. The molecular weight excluding hydrogens is 146 g/mol. The van der Waals surface area contributed by atoms with Gasteiger partial charge >= 0.3 is 5.69 Å². The van der Waals surface area contributed by atoms with Gasteiger partial charge in [0.15, 0.2) is 0 Å². The molecule has 0 aromatic carbocycles. The lowest BCUT2D eigenvalue weighted by Gasteiger charge is -1.97. The van der Waals surface area contributed by atoms with E-state index in [-0.39, 0.29) is 12.9 Å². The van der Waals surface area contributed by atoms with Crippen LogP contribution in [0.4, 0.5) is 11.5 Å². The Kier molecular flexibility index (Phi) is 2.00. The summed E-state index contributed by atoms with van der Waals surface area (Å²) in [4.78, 5) is 13.6. The van der Waals surface area contributed by atoms with Crippen LogP contribution in [0, 0.1) is 10.1 Å². The Morgan fingerprint density at radius 1 is 1.82 bits per heavy atom. The van der Waals surface area contributed by atoms with E-state index in [0.717, 1.165) is 0 Å². The van der Waals surface area contributed by atoms with Crippen molar-refractivity contribution in [2.24, 2.45) is 0 Å². The van der Waals surface area contributed by atoms with Gasteiger partial charge in [-0.25, -0.2) is 4.98 Å². The van der Waals surface area contributed by atoms with E-state index in [1.54, 1.807) is 7.05 Å². The van der Waals surface area contributed by atoms with Gasteiger partial charge in [0.2, 0.25) is 5.82 Å². The first-order valence-corrected chi connectivity index (χ1v) is 3.03. The first-order valence-electron chi connectivity index (χ1n) is 3.03. The number of aromatic nitrogens is 1. The molecule has 5 nitrogen and oxygen atoms in total. The minimum atomic E-state index is -0.473. The lowest BCUT2D eigenvalue weighted by Crippen LogP contribution is -1.97. The fourth-order valence-electron chi connectivity index (χ4n) is 0.737. The molecule has 0 amide bonds. The topological polar surface area (TPSA) is 68.1 Å². The van der Waals surface area contributed by atoms with Gasteiger partial charge in [0.25, 0.3) is 0 Å². The minimum Gasteiger partial charge on any atom is -0.367 e. The number of nitrogens with zero attached hydrogens (tertiary/aromatic N) is 2. The second-order valence-corrected chi connectivity index (χ2v) is 1.88. The molecule has 0 spiro atoms. The first kappa shape index (κ1) is 7.46. The van der Waals surface area contributed by atoms with Crippen LogP contribution in [0.15, 0.2) is 18.3 Å². The minimum absolute atomic E-state index is 0. The molecule has 1 aromatic rings. The zero-order chi connectivity index (χ0) is 8.27. The van der Waals surface area contributed by atoms with Gasteiger partial charge in [-0.1, -0.05) is 0 Å². The zero-order valence-electron chi connectivity index (χ0n) is 5.94. The highest BCUT2D eigenvalue weighted by atomic mass is 16.6. The van der Waals surface area contributed by atoms with Crippen molar-refractivity contribution < 1.29 is 6.35 Å². The summed E-state index contributed by atoms with van der Waals surface area (Å²) in [5, 5.41) is 12.9. The van der Waals surface area contributed by atoms with Crippen molar-refractivity contribution in [3.8, 4) is 0 Å². The van der Waals surface area contributed by atoms with Crippen LogP contribution < -0.4 is 5.32 Å². The number of hydrogen-bond acceptors (Lipinski definition) is 4. The summed E-state index contributed by atoms with van der Waals surface area (Å²) in [5.74, 6) is 0.289. The van der Waals surface area contributed by atoms with Gasteiger partial charge in [0.05, 0.1) is 4.92 Å². The molecule has 0 unspecified atom stereocenters. The maximum absolute atomic E-state index is 10.3. The van der Waals surface area contributed by atoms with Crippen LogP contribution >= 0.6 is 0 Å². The van der Waals surface area contributed by atoms with Gasteiger partial charge in [-0.15, -0.1) is 0 Å². The summed E-state index contributed by atoms with van der Waals surface area (Å²) in [6.45, 7) is 0. The van der Waals surface area contributed by atoms with Crippen LogP contribution in [0.3, 0.4) is 0 Å². The quantitative estimate of drug-likeness (QED) is 0.516.